The molecule has 6 heteroatoms. The maximum atomic E-state index is 12.0. The van der Waals surface area contributed by atoms with Crippen molar-refractivity contribution in [1.82, 2.24) is 25.5 Å². The van der Waals surface area contributed by atoms with Gasteiger partial charge in [0, 0.05) is 23.9 Å². The van der Waals surface area contributed by atoms with Gasteiger partial charge in [-0.2, -0.15) is 5.10 Å². The first-order valence-corrected chi connectivity index (χ1v) is 8.57. The third-order valence-corrected chi connectivity index (χ3v) is 4.16. The molecule has 0 aliphatic rings. The standard InChI is InChI=1S/C21H21N5O/c1-5-15(21(27)22-4)11-19-13(2)9-10-17(25-19)16-12-23-26-20(16)18-8-6-7-14(3)24-18/h5-12H,2H2,1,3-4H3,(H,22,27)(H,23,26)/b15-5+,19-11+. The van der Waals surface area contributed by atoms with E-state index >= 15 is 0 Å². The lowest BCUT2D eigenvalue weighted by atomic mass is 10.1. The smallest absolute Gasteiger partial charge is 0.250 e. The molecule has 3 aromatic heterocycles. The van der Waals surface area contributed by atoms with Crippen LogP contribution in [0, 0.1) is 6.92 Å². The minimum absolute atomic E-state index is 0.169. The molecule has 1 amide bonds. The van der Waals surface area contributed by atoms with Crippen LogP contribution in [-0.4, -0.2) is 33.1 Å². The molecule has 27 heavy (non-hydrogen) atoms. The summed E-state index contributed by atoms with van der Waals surface area (Å²) in [5.41, 5.74) is 4.61. The Morgan fingerprint density at radius 3 is 2.70 bits per heavy atom. The van der Waals surface area contributed by atoms with Crippen molar-refractivity contribution in [3.63, 3.8) is 0 Å². The molecule has 6 nitrogen and oxygen atoms in total. The molecule has 3 heterocycles. The second kappa shape index (κ2) is 7.78. The van der Waals surface area contributed by atoms with Crippen molar-refractivity contribution in [2.75, 3.05) is 7.05 Å². The highest BCUT2D eigenvalue weighted by Crippen LogP contribution is 2.26. The highest BCUT2D eigenvalue weighted by molar-refractivity contribution is 6.01. The van der Waals surface area contributed by atoms with Crippen LogP contribution in [-0.2, 0) is 4.79 Å². The van der Waals surface area contributed by atoms with Crippen LogP contribution >= 0.6 is 0 Å². The maximum Gasteiger partial charge on any atom is 0.250 e. The number of amides is 1. The van der Waals surface area contributed by atoms with E-state index in [9.17, 15) is 4.79 Å². The molecule has 0 aromatic carbocycles. The lowest BCUT2D eigenvalue weighted by Gasteiger charge is -2.04. The molecule has 3 rings (SSSR count). The molecular formula is C21H21N5O. The lowest BCUT2D eigenvalue weighted by molar-refractivity contribution is -0.116. The van der Waals surface area contributed by atoms with Crippen molar-refractivity contribution in [3.05, 3.63) is 64.4 Å². The van der Waals surface area contributed by atoms with E-state index in [-0.39, 0.29) is 5.91 Å². The number of nitrogens with zero attached hydrogens (tertiary/aromatic N) is 3. The Morgan fingerprint density at radius 1 is 1.19 bits per heavy atom. The Labute approximate surface area is 157 Å². The Morgan fingerprint density at radius 2 is 2.00 bits per heavy atom. The number of H-pyrrole nitrogens is 1. The minimum atomic E-state index is -0.169. The fourth-order valence-electron chi connectivity index (χ4n) is 2.71. The molecule has 0 aliphatic carbocycles. The number of aromatic amines is 1. The summed E-state index contributed by atoms with van der Waals surface area (Å²) in [5, 5.41) is 11.2. The summed E-state index contributed by atoms with van der Waals surface area (Å²) in [6.07, 6.45) is 5.20. The summed E-state index contributed by atoms with van der Waals surface area (Å²) in [5.74, 6) is -0.169. The number of hydrogen-bond donors (Lipinski definition) is 2. The van der Waals surface area contributed by atoms with Gasteiger partial charge in [0.1, 0.15) is 0 Å². The summed E-state index contributed by atoms with van der Waals surface area (Å²) in [4.78, 5) is 21.2. The van der Waals surface area contributed by atoms with Crippen molar-refractivity contribution < 1.29 is 4.79 Å². The SMILES string of the molecule is C=c1ccc(-c2cn[nH]c2-c2cccc(C)n2)n/c1=C/C(=C\C)C(=O)NC. The number of carbonyl (C=O) groups excluding carboxylic acids is 1. The van der Waals surface area contributed by atoms with Crippen molar-refractivity contribution in [2.24, 2.45) is 0 Å². The van der Waals surface area contributed by atoms with Gasteiger partial charge in [-0.1, -0.05) is 24.8 Å². The average molecular weight is 359 g/mol. The van der Waals surface area contributed by atoms with Gasteiger partial charge in [-0.3, -0.25) is 14.9 Å². The molecule has 0 atom stereocenters. The second-order valence-corrected chi connectivity index (χ2v) is 6.03. The van der Waals surface area contributed by atoms with Gasteiger partial charge in [-0.15, -0.1) is 0 Å². The van der Waals surface area contributed by atoms with Gasteiger partial charge in [0.25, 0.3) is 5.91 Å². The summed E-state index contributed by atoms with van der Waals surface area (Å²) in [6, 6.07) is 9.59. The van der Waals surface area contributed by atoms with Gasteiger partial charge in [-0.25, -0.2) is 4.98 Å². The van der Waals surface area contributed by atoms with Crippen molar-refractivity contribution in [3.8, 4) is 22.6 Å². The molecule has 0 saturated carbocycles. The fourth-order valence-corrected chi connectivity index (χ4v) is 2.71. The molecule has 3 aromatic rings. The Hall–Kier alpha value is -3.54. The monoisotopic (exact) mass is 359 g/mol. The van der Waals surface area contributed by atoms with Crippen LogP contribution < -0.4 is 15.9 Å². The molecule has 0 saturated heterocycles. The van der Waals surface area contributed by atoms with E-state index < -0.39 is 0 Å². The number of carbonyl (C=O) groups is 1. The van der Waals surface area contributed by atoms with Gasteiger partial charge in [0.05, 0.1) is 28.6 Å². The van der Waals surface area contributed by atoms with E-state index in [0.29, 0.717) is 10.9 Å². The topological polar surface area (TPSA) is 83.6 Å². The summed E-state index contributed by atoms with van der Waals surface area (Å²) in [7, 11) is 1.60. The average Bonchev–Trinajstić information content (AvgIpc) is 3.16. The van der Waals surface area contributed by atoms with Crippen molar-refractivity contribution >= 4 is 18.6 Å². The molecule has 136 valence electrons. The van der Waals surface area contributed by atoms with E-state index in [2.05, 4.69) is 27.1 Å². The highest BCUT2D eigenvalue weighted by Gasteiger charge is 2.12. The first-order valence-electron chi connectivity index (χ1n) is 8.57. The van der Waals surface area contributed by atoms with E-state index in [0.717, 1.165) is 33.6 Å². The van der Waals surface area contributed by atoms with E-state index in [1.165, 1.54) is 0 Å². The Balaban J connectivity index is 2.13. The van der Waals surface area contributed by atoms with Crippen LogP contribution in [0.4, 0.5) is 0 Å². The number of hydrogen-bond acceptors (Lipinski definition) is 4. The summed E-state index contributed by atoms with van der Waals surface area (Å²) < 4.78 is 0. The maximum absolute atomic E-state index is 12.0. The number of likely N-dealkylation sites (N-methyl/N-ethyl adjacent to an activating group) is 1. The van der Waals surface area contributed by atoms with Crippen molar-refractivity contribution in [2.45, 2.75) is 13.8 Å². The third kappa shape index (κ3) is 3.84. The second-order valence-electron chi connectivity index (χ2n) is 6.03. The normalized spacial score (nSPS) is 12.3. The van der Waals surface area contributed by atoms with Crippen LogP contribution in [0.3, 0.4) is 0 Å². The number of allylic oxidation sites excluding steroid dienone is 1. The van der Waals surface area contributed by atoms with Crippen LogP contribution in [0.25, 0.3) is 35.3 Å². The van der Waals surface area contributed by atoms with Gasteiger partial charge >= 0.3 is 0 Å². The Kier molecular flexibility index (Phi) is 5.26. The lowest BCUT2D eigenvalue weighted by Crippen LogP contribution is -2.29. The quantitative estimate of drug-likeness (QED) is 0.695. The zero-order chi connectivity index (χ0) is 19.4. The molecule has 0 spiro atoms. The zero-order valence-electron chi connectivity index (χ0n) is 15.6. The van der Waals surface area contributed by atoms with E-state index in [4.69, 9.17) is 4.98 Å². The molecule has 0 aliphatic heterocycles. The first-order chi connectivity index (χ1) is 13.0. The summed E-state index contributed by atoms with van der Waals surface area (Å²) >= 11 is 0. The van der Waals surface area contributed by atoms with Crippen LogP contribution in [0.1, 0.15) is 12.6 Å². The van der Waals surface area contributed by atoms with Gasteiger partial charge < -0.3 is 5.32 Å². The molecule has 0 unspecified atom stereocenters. The fraction of sp³-hybridized carbons (Fsp3) is 0.143. The largest absolute Gasteiger partial charge is 0.355 e. The Bertz CT molecular complexity index is 1130. The number of aromatic nitrogens is 4. The number of aryl methyl sites for hydroxylation is 1. The predicted octanol–water partition coefficient (Wildman–Crippen LogP) is 1.73. The van der Waals surface area contributed by atoms with E-state index in [1.807, 2.05) is 44.2 Å². The van der Waals surface area contributed by atoms with Gasteiger partial charge in [0.2, 0.25) is 0 Å². The van der Waals surface area contributed by atoms with E-state index in [1.54, 1.807) is 25.4 Å². The molecular weight excluding hydrogens is 338 g/mol. The number of rotatable bonds is 4. The number of pyridine rings is 2. The number of nitrogens with one attached hydrogen (secondary N) is 2. The predicted molar refractivity (Wildman–Crippen MR) is 107 cm³/mol. The van der Waals surface area contributed by atoms with Gasteiger partial charge in [0.15, 0.2) is 0 Å². The van der Waals surface area contributed by atoms with Crippen LogP contribution in [0.15, 0.2) is 48.2 Å². The highest BCUT2D eigenvalue weighted by atomic mass is 16.1. The minimum Gasteiger partial charge on any atom is -0.355 e. The molecule has 2 N–H and O–H groups in total. The van der Waals surface area contributed by atoms with Crippen molar-refractivity contribution in [1.29, 1.82) is 0 Å². The van der Waals surface area contributed by atoms with Crippen LogP contribution in [0.5, 0.6) is 0 Å². The molecule has 0 fully saturated rings. The summed E-state index contributed by atoms with van der Waals surface area (Å²) in [6.45, 7) is 7.77. The van der Waals surface area contributed by atoms with Gasteiger partial charge in [-0.05, 0) is 43.3 Å². The third-order valence-electron chi connectivity index (χ3n) is 4.16. The molecule has 0 bridgehead atoms. The van der Waals surface area contributed by atoms with Crippen LogP contribution in [0.2, 0.25) is 0 Å². The molecule has 0 radical (unpaired) electrons. The first kappa shape index (κ1) is 18.3. The zero-order valence-corrected chi connectivity index (χ0v) is 15.6.